The van der Waals surface area contributed by atoms with Gasteiger partial charge in [-0.05, 0) is 57.8 Å². The van der Waals surface area contributed by atoms with E-state index >= 15 is 0 Å². The zero-order valence-corrected chi connectivity index (χ0v) is 26.3. The number of fused-ring (bicyclic) bond motifs is 1. The lowest BCUT2D eigenvalue weighted by Crippen LogP contribution is -2.40. The molecule has 5 rings (SSSR count). The third-order valence-electron chi connectivity index (χ3n) is 6.88. The average molecular weight is 696 g/mol. The van der Waals surface area contributed by atoms with Crippen LogP contribution in [-0.4, -0.2) is 34.6 Å². The van der Waals surface area contributed by atoms with E-state index in [9.17, 15) is 29.8 Å². The lowest BCUT2D eigenvalue weighted by molar-refractivity contribution is -0.394. The molecule has 3 aromatic carbocycles. The molecule has 15 heteroatoms. The van der Waals surface area contributed by atoms with Gasteiger partial charge >= 0.3 is 11.7 Å². The Labute approximate surface area is 266 Å². The summed E-state index contributed by atoms with van der Waals surface area (Å²) in [6.45, 7) is 1.87. The van der Waals surface area contributed by atoms with Crippen LogP contribution in [0.2, 0.25) is 0 Å². The summed E-state index contributed by atoms with van der Waals surface area (Å²) in [5.74, 6) is -0.567. The number of benzene rings is 3. The fraction of sp³-hybridized carbons (Fsp3) is 0.167. The number of halogens is 1. The van der Waals surface area contributed by atoms with Crippen molar-refractivity contribution in [3.63, 3.8) is 0 Å². The van der Waals surface area contributed by atoms with E-state index in [-0.39, 0.29) is 28.4 Å². The van der Waals surface area contributed by atoms with Crippen molar-refractivity contribution in [2.75, 3.05) is 14.2 Å². The van der Waals surface area contributed by atoms with E-state index in [4.69, 9.17) is 14.2 Å². The van der Waals surface area contributed by atoms with Crippen molar-refractivity contribution in [1.29, 1.82) is 0 Å². The van der Waals surface area contributed by atoms with Crippen LogP contribution in [0.3, 0.4) is 0 Å². The molecule has 0 amide bonds. The summed E-state index contributed by atoms with van der Waals surface area (Å²) in [4.78, 5) is 53.1. The number of non-ortho nitro benzene ring substituents is 1. The van der Waals surface area contributed by atoms with E-state index < -0.39 is 33.2 Å². The monoisotopic (exact) mass is 694 g/mol. The molecule has 1 aromatic heterocycles. The number of nitro benzene ring substituents is 2. The van der Waals surface area contributed by atoms with Crippen LogP contribution in [0.15, 0.2) is 86.2 Å². The highest BCUT2D eigenvalue weighted by molar-refractivity contribution is 9.10. The summed E-state index contributed by atoms with van der Waals surface area (Å²) in [5.41, 5.74) is 0.615. The van der Waals surface area contributed by atoms with Gasteiger partial charge in [0.1, 0.15) is 0 Å². The maximum atomic E-state index is 13.9. The van der Waals surface area contributed by atoms with E-state index in [0.29, 0.717) is 31.5 Å². The molecule has 1 aliphatic rings. The molecule has 0 fully saturated rings. The Morgan fingerprint density at radius 2 is 1.80 bits per heavy atom. The number of hydrogen-bond donors (Lipinski definition) is 0. The fourth-order valence-electron chi connectivity index (χ4n) is 4.85. The molecule has 0 N–H and O–H groups in total. The van der Waals surface area contributed by atoms with Crippen LogP contribution in [0.5, 0.6) is 17.2 Å². The first-order valence-corrected chi connectivity index (χ1v) is 14.8. The van der Waals surface area contributed by atoms with Crippen molar-refractivity contribution in [3.05, 3.63) is 127 Å². The maximum Gasteiger partial charge on any atom is 0.338 e. The highest BCUT2D eigenvalue weighted by Gasteiger charge is 2.33. The smallest absolute Gasteiger partial charge is 0.338 e. The zero-order valence-electron chi connectivity index (χ0n) is 23.9. The van der Waals surface area contributed by atoms with Crippen molar-refractivity contribution in [2.45, 2.75) is 19.4 Å². The molecule has 1 aliphatic heterocycles. The standard InChI is InChI=1S/C30H23BrN4O9S/c1-4-20-25(29(37)43-3)26(17-8-6-5-7-9-17)33-28(36)24(45-30(33)32-20)14-16-12-19(31)27(23(13-16)42-2)44-22-11-10-18(34(38)39)15-21(22)35(40)41/h5-15,26H,4H2,1-3H3/b24-14-/t26-/m0/s1. The predicted octanol–water partition coefficient (Wildman–Crippen LogP) is 5.18. The van der Waals surface area contributed by atoms with Crippen LogP contribution >= 0.6 is 27.3 Å². The number of rotatable bonds is 9. The number of hydrogen-bond acceptors (Lipinski definition) is 11. The number of ether oxygens (including phenoxy) is 3. The van der Waals surface area contributed by atoms with Crippen LogP contribution in [0.4, 0.5) is 11.4 Å². The highest BCUT2D eigenvalue weighted by atomic mass is 79.9. The lowest BCUT2D eigenvalue weighted by Gasteiger charge is -2.25. The summed E-state index contributed by atoms with van der Waals surface area (Å²) in [6.07, 6.45) is 2.07. The maximum absolute atomic E-state index is 13.9. The fourth-order valence-corrected chi connectivity index (χ4v) is 6.41. The molecule has 13 nitrogen and oxygen atoms in total. The van der Waals surface area contributed by atoms with Gasteiger partial charge in [0.05, 0.1) is 56.4 Å². The van der Waals surface area contributed by atoms with Crippen LogP contribution in [0.1, 0.15) is 30.5 Å². The molecule has 230 valence electrons. The third kappa shape index (κ3) is 5.99. The minimum Gasteiger partial charge on any atom is -0.493 e. The summed E-state index contributed by atoms with van der Waals surface area (Å²) < 4.78 is 18.5. The predicted molar refractivity (Wildman–Crippen MR) is 167 cm³/mol. The number of allylic oxidation sites excluding steroid dienone is 1. The average Bonchev–Trinajstić information content (AvgIpc) is 3.34. The number of carbonyl (C=O) groups excluding carboxylic acids is 1. The van der Waals surface area contributed by atoms with Gasteiger partial charge < -0.3 is 14.2 Å². The second-order valence-corrected chi connectivity index (χ2v) is 11.4. The van der Waals surface area contributed by atoms with Gasteiger partial charge in [-0.25, -0.2) is 9.79 Å². The Hall–Kier alpha value is -5.15. The summed E-state index contributed by atoms with van der Waals surface area (Å²) in [7, 11) is 2.66. The van der Waals surface area contributed by atoms with Gasteiger partial charge in [-0.3, -0.25) is 29.6 Å². The van der Waals surface area contributed by atoms with Gasteiger partial charge in [-0.2, -0.15) is 0 Å². The molecule has 4 aromatic rings. The molecular formula is C30H23BrN4O9S. The van der Waals surface area contributed by atoms with Crippen molar-refractivity contribution < 1.29 is 28.9 Å². The molecule has 0 unspecified atom stereocenters. The topological polar surface area (TPSA) is 165 Å². The summed E-state index contributed by atoms with van der Waals surface area (Å²) in [6, 6.07) is 14.6. The number of aromatic nitrogens is 1. The first-order valence-electron chi connectivity index (χ1n) is 13.2. The minimum absolute atomic E-state index is 0.0763. The van der Waals surface area contributed by atoms with Crippen molar-refractivity contribution in [3.8, 4) is 17.2 Å². The van der Waals surface area contributed by atoms with Crippen molar-refractivity contribution in [2.24, 2.45) is 4.99 Å². The Bertz CT molecular complexity index is 2070. The molecule has 0 aliphatic carbocycles. The van der Waals surface area contributed by atoms with Gasteiger partial charge in [0.25, 0.3) is 11.2 Å². The van der Waals surface area contributed by atoms with E-state index in [1.807, 2.05) is 37.3 Å². The van der Waals surface area contributed by atoms with Crippen molar-refractivity contribution in [1.82, 2.24) is 4.57 Å². The number of methoxy groups -OCH3 is 2. The number of thiazole rings is 1. The second kappa shape index (κ2) is 12.8. The normalized spacial score (nSPS) is 14.4. The van der Waals surface area contributed by atoms with Crippen LogP contribution < -0.4 is 24.4 Å². The summed E-state index contributed by atoms with van der Waals surface area (Å²) in [5, 5.41) is 22.7. The molecule has 0 saturated heterocycles. The quantitative estimate of drug-likeness (QED) is 0.130. The van der Waals surface area contributed by atoms with Crippen LogP contribution in [-0.2, 0) is 9.53 Å². The SMILES string of the molecule is CCC1=C(C(=O)OC)[C@H](c2ccccc2)n2c(s/c(=C\c3cc(Br)c(Oc4ccc([N+](=O)[O-])cc4[N+](=O)[O-])c(OC)c3)c2=O)=N1. The zero-order chi connectivity index (χ0) is 32.4. The van der Waals surface area contributed by atoms with E-state index in [2.05, 4.69) is 20.9 Å². The van der Waals surface area contributed by atoms with Gasteiger partial charge in [0, 0.05) is 6.07 Å². The Kier molecular flexibility index (Phi) is 8.92. The number of nitro groups is 2. The number of nitrogens with zero attached hydrogens (tertiary/aromatic N) is 4. The first kappa shape index (κ1) is 31.3. The minimum atomic E-state index is -0.783. The summed E-state index contributed by atoms with van der Waals surface area (Å²) >= 11 is 4.57. The molecule has 2 heterocycles. The molecule has 1 atom stereocenters. The molecule has 0 saturated carbocycles. The highest BCUT2D eigenvalue weighted by Crippen LogP contribution is 2.43. The Balaban J connectivity index is 1.62. The van der Waals surface area contributed by atoms with E-state index in [0.717, 1.165) is 35.1 Å². The van der Waals surface area contributed by atoms with E-state index in [1.54, 1.807) is 18.2 Å². The number of esters is 1. The molecule has 45 heavy (non-hydrogen) atoms. The second-order valence-electron chi connectivity index (χ2n) is 9.50. The van der Waals surface area contributed by atoms with Gasteiger partial charge in [-0.15, -0.1) is 0 Å². The Morgan fingerprint density at radius 1 is 1.07 bits per heavy atom. The molecular weight excluding hydrogens is 672 g/mol. The first-order chi connectivity index (χ1) is 21.6. The van der Waals surface area contributed by atoms with Crippen LogP contribution in [0, 0.1) is 20.2 Å². The van der Waals surface area contributed by atoms with E-state index in [1.165, 1.54) is 18.8 Å². The van der Waals surface area contributed by atoms with Crippen molar-refractivity contribution >= 4 is 50.7 Å². The molecule has 0 bridgehead atoms. The van der Waals surface area contributed by atoms with Gasteiger partial charge in [0.15, 0.2) is 16.3 Å². The largest absolute Gasteiger partial charge is 0.493 e. The van der Waals surface area contributed by atoms with Crippen LogP contribution in [0.25, 0.3) is 6.08 Å². The lowest BCUT2D eigenvalue weighted by atomic mass is 9.95. The van der Waals surface area contributed by atoms with Gasteiger partial charge in [0.2, 0.25) is 5.75 Å². The Morgan fingerprint density at radius 3 is 2.42 bits per heavy atom. The molecule has 0 spiro atoms. The number of carbonyl (C=O) groups is 1. The molecule has 0 radical (unpaired) electrons. The van der Waals surface area contributed by atoms with Gasteiger partial charge in [-0.1, -0.05) is 48.6 Å². The third-order valence-corrected chi connectivity index (χ3v) is 8.45.